The number of hydrogen-bond donors (Lipinski definition) is 0. The van der Waals surface area contributed by atoms with Crippen molar-refractivity contribution in [3.05, 3.63) is 30.3 Å². The van der Waals surface area contributed by atoms with Crippen molar-refractivity contribution < 1.29 is 13.6 Å². The Morgan fingerprint density at radius 2 is 2.00 bits per heavy atom. The van der Waals surface area contributed by atoms with Crippen molar-refractivity contribution in [3.8, 4) is 5.75 Å². The first-order valence-electron chi connectivity index (χ1n) is 6.91. The monoisotopic (exact) mass is 281 g/mol. The van der Waals surface area contributed by atoms with Crippen LogP contribution in [0.25, 0.3) is 0 Å². The van der Waals surface area contributed by atoms with Crippen LogP contribution in [-0.2, 0) is 9.09 Å². The smallest absolute Gasteiger partial charge is 0.413 e. The molecular formula is C14H20NO3P. The zero-order valence-corrected chi connectivity index (χ0v) is 12.1. The number of fused-ring (bicyclic) bond motifs is 1. The summed E-state index contributed by atoms with van der Waals surface area (Å²) in [5, 5.41) is 0. The lowest BCUT2D eigenvalue weighted by Gasteiger charge is -2.44. The van der Waals surface area contributed by atoms with E-state index in [1.165, 1.54) is 19.3 Å². The Bertz CT molecular complexity index is 479. The van der Waals surface area contributed by atoms with Crippen molar-refractivity contribution >= 4 is 7.75 Å². The maximum Gasteiger partial charge on any atom is 0.461 e. The molecule has 0 aromatic heterocycles. The molecule has 1 saturated heterocycles. The summed E-state index contributed by atoms with van der Waals surface area (Å²) >= 11 is 0. The van der Waals surface area contributed by atoms with Crippen LogP contribution in [0.5, 0.6) is 5.75 Å². The maximum atomic E-state index is 12.9. The molecule has 1 unspecified atom stereocenters. The molecule has 0 spiro atoms. The molecule has 2 aliphatic rings. The zero-order chi connectivity index (χ0) is 13.3. The Hall–Kier alpha value is -0.830. The summed E-state index contributed by atoms with van der Waals surface area (Å²) < 4.78 is 26.0. The molecule has 0 N–H and O–H groups in total. The summed E-state index contributed by atoms with van der Waals surface area (Å²) in [6.45, 7) is 0.555. The summed E-state index contributed by atoms with van der Waals surface area (Å²) in [6, 6.07) is 9.60. The van der Waals surface area contributed by atoms with E-state index in [0.29, 0.717) is 24.3 Å². The van der Waals surface area contributed by atoms with E-state index in [-0.39, 0.29) is 0 Å². The lowest BCUT2D eigenvalue weighted by molar-refractivity contribution is 0.0588. The molecule has 1 aliphatic heterocycles. The zero-order valence-electron chi connectivity index (χ0n) is 11.2. The third-order valence-electron chi connectivity index (χ3n) is 4.15. The van der Waals surface area contributed by atoms with Crippen LogP contribution in [0.3, 0.4) is 0 Å². The molecule has 0 amide bonds. The van der Waals surface area contributed by atoms with Crippen LogP contribution in [0.4, 0.5) is 0 Å². The highest BCUT2D eigenvalue weighted by molar-refractivity contribution is 7.51. The van der Waals surface area contributed by atoms with E-state index in [0.717, 1.165) is 6.42 Å². The SMILES string of the molecule is CN1[C@@H]2CCCC[C@H]2COP1(=O)Oc1ccccc1. The van der Waals surface area contributed by atoms with E-state index < -0.39 is 7.75 Å². The van der Waals surface area contributed by atoms with E-state index >= 15 is 0 Å². The van der Waals surface area contributed by atoms with Gasteiger partial charge in [0.15, 0.2) is 0 Å². The third kappa shape index (κ3) is 2.58. The van der Waals surface area contributed by atoms with Crippen LogP contribution in [0.15, 0.2) is 30.3 Å². The Balaban J connectivity index is 1.78. The maximum absolute atomic E-state index is 12.9. The van der Waals surface area contributed by atoms with Crippen LogP contribution in [0.2, 0.25) is 0 Å². The second kappa shape index (κ2) is 5.28. The van der Waals surface area contributed by atoms with E-state index in [1.807, 2.05) is 42.0 Å². The highest BCUT2D eigenvalue weighted by atomic mass is 31.2. The minimum Gasteiger partial charge on any atom is -0.413 e. The molecule has 4 nitrogen and oxygen atoms in total. The van der Waals surface area contributed by atoms with Gasteiger partial charge in [-0.2, -0.15) is 4.67 Å². The van der Waals surface area contributed by atoms with Crippen molar-refractivity contribution in [1.29, 1.82) is 0 Å². The predicted octanol–water partition coefficient (Wildman–Crippen LogP) is 3.69. The van der Waals surface area contributed by atoms with Crippen molar-refractivity contribution in [3.63, 3.8) is 0 Å². The quantitative estimate of drug-likeness (QED) is 0.775. The van der Waals surface area contributed by atoms with Gasteiger partial charge in [0, 0.05) is 6.04 Å². The Labute approximate surface area is 114 Å². The molecule has 1 heterocycles. The van der Waals surface area contributed by atoms with Gasteiger partial charge in [-0.25, -0.2) is 4.57 Å². The van der Waals surface area contributed by atoms with Crippen LogP contribution in [-0.4, -0.2) is 24.4 Å². The Morgan fingerprint density at radius 1 is 1.26 bits per heavy atom. The predicted molar refractivity (Wildman–Crippen MR) is 74.1 cm³/mol. The summed E-state index contributed by atoms with van der Waals surface area (Å²) in [5.41, 5.74) is 0. The summed E-state index contributed by atoms with van der Waals surface area (Å²) in [7, 11) is -1.32. The molecule has 5 heteroatoms. The fourth-order valence-corrected chi connectivity index (χ4v) is 4.84. The first-order valence-corrected chi connectivity index (χ1v) is 8.41. The van der Waals surface area contributed by atoms with Crippen LogP contribution < -0.4 is 4.52 Å². The topological polar surface area (TPSA) is 38.8 Å². The molecule has 3 atom stereocenters. The van der Waals surface area contributed by atoms with Crippen molar-refractivity contribution in [1.82, 2.24) is 4.67 Å². The summed E-state index contributed by atoms with van der Waals surface area (Å²) in [5.74, 6) is 1.10. The number of rotatable bonds is 2. The average molecular weight is 281 g/mol. The largest absolute Gasteiger partial charge is 0.461 e. The van der Waals surface area contributed by atoms with Gasteiger partial charge in [0.2, 0.25) is 0 Å². The molecule has 3 rings (SSSR count). The van der Waals surface area contributed by atoms with Gasteiger partial charge in [-0.15, -0.1) is 0 Å². The minimum atomic E-state index is -3.18. The molecule has 1 saturated carbocycles. The lowest BCUT2D eigenvalue weighted by Crippen LogP contribution is -2.45. The second-order valence-electron chi connectivity index (χ2n) is 5.35. The van der Waals surface area contributed by atoms with Gasteiger partial charge < -0.3 is 4.52 Å². The standard InChI is InChI=1S/C14H20NO3P/c1-15-14-10-6-5-7-12(14)11-17-19(15,16)18-13-8-3-2-4-9-13/h2-4,8-9,12,14H,5-7,10-11H2,1H3/t12-,14+,19?/m0/s1. The van der Waals surface area contributed by atoms with Crippen molar-refractivity contribution in [2.45, 2.75) is 31.7 Å². The number of benzene rings is 1. The van der Waals surface area contributed by atoms with Crippen LogP contribution in [0, 0.1) is 5.92 Å². The van der Waals surface area contributed by atoms with Gasteiger partial charge in [0.25, 0.3) is 0 Å². The average Bonchev–Trinajstić information content (AvgIpc) is 2.45. The first kappa shape index (κ1) is 13.2. The van der Waals surface area contributed by atoms with E-state index in [9.17, 15) is 4.57 Å². The molecule has 2 fully saturated rings. The Morgan fingerprint density at radius 3 is 2.79 bits per heavy atom. The molecule has 1 aromatic carbocycles. The highest BCUT2D eigenvalue weighted by Gasteiger charge is 2.46. The fraction of sp³-hybridized carbons (Fsp3) is 0.571. The van der Waals surface area contributed by atoms with E-state index in [1.54, 1.807) is 0 Å². The van der Waals surface area contributed by atoms with Gasteiger partial charge in [-0.1, -0.05) is 31.0 Å². The molecule has 0 radical (unpaired) electrons. The van der Waals surface area contributed by atoms with Crippen molar-refractivity contribution in [2.75, 3.05) is 13.7 Å². The minimum absolute atomic E-state index is 0.331. The normalized spacial score (nSPS) is 35.6. The number of hydrogen-bond acceptors (Lipinski definition) is 3. The van der Waals surface area contributed by atoms with Gasteiger partial charge in [-0.3, -0.25) is 4.52 Å². The first-order chi connectivity index (χ1) is 9.19. The van der Waals surface area contributed by atoms with Crippen LogP contribution in [0.1, 0.15) is 25.7 Å². The lowest BCUT2D eigenvalue weighted by atomic mass is 9.85. The molecule has 1 aliphatic carbocycles. The van der Waals surface area contributed by atoms with E-state index in [2.05, 4.69) is 0 Å². The van der Waals surface area contributed by atoms with Gasteiger partial charge >= 0.3 is 7.75 Å². The fourth-order valence-electron chi connectivity index (χ4n) is 3.04. The molecule has 19 heavy (non-hydrogen) atoms. The molecular weight excluding hydrogens is 261 g/mol. The molecule has 0 bridgehead atoms. The number of para-hydroxylation sites is 1. The number of nitrogens with zero attached hydrogens (tertiary/aromatic N) is 1. The molecule has 104 valence electrons. The Kier molecular flexibility index (Phi) is 3.66. The summed E-state index contributed by atoms with van der Waals surface area (Å²) in [6.07, 6.45) is 4.71. The third-order valence-corrected chi connectivity index (χ3v) is 6.14. The van der Waals surface area contributed by atoms with Crippen molar-refractivity contribution in [2.24, 2.45) is 5.92 Å². The highest BCUT2D eigenvalue weighted by Crippen LogP contribution is 2.57. The van der Waals surface area contributed by atoms with Gasteiger partial charge in [-0.05, 0) is 37.9 Å². The molecule has 1 aromatic rings. The van der Waals surface area contributed by atoms with Gasteiger partial charge in [0.1, 0.15) is 5.75 Å². The second-order valence-corrected chi connectivity index (χ2v) is 7.36. The van der Waals surface area contributed by atoms with Crippen LogP contribution >= 0.6 is 7.75 Å². The van der Waals surface area contributed by atoms with E-state index in [4.69, 9.17) is 9.05 Å². The summed E-state index contributed by atoms with van der Waals surface area (Å²) in [4.78, 5) is 0. The van der Waals surface area contributed by atoms with Gasteiger partial charge in [0.05, 0.1) is 6.61 Å².